The number of hydrogen-bond acceptors (Lipinski definition) is 3. The first-order chi connectivity index (χ1) is 7.70. The maximum Gasteiger partial charge on any atom is 0.143 e. The normalized spacial score (nSPS) is 19.8. The van der Waals surface area contributed by atoms with Crippen molar-refractivity contribution in [2.24, 2.45) is 0 Å². The van der Waals surface area contributed by atoms with Crippen LogP contribution in [0.2, 0.25) is 5.02 Å². The highest BCUT2D eigenvalue weighted by Gasteiger charge is 2.16. The van der Waals surface area contributed by atoms with E-state index in [1.807, 2.05) is 19.1 Å². The Balaban J connectivity index is 2.20. The van der Waals surface area contributed by atoms with Gasteiger partial charge in [0.25, 0.3) is 0 Å². The maximum atomic E-state index is 6.06. The molecule has 1 unspecified atom stereocenters. The molecule has 2 rings (SSSR count). The predicted octanol–water partition coefficient (Wildman–Crippen LogP) is 2.43. The molecule has 1 atom stereocenters. The number of hydrogen-bond donors (Lipinski definition) is 2. The summed E-state index contributed by atoms with van der Waals surface area (Å²) < 4.78 is 5.32. The molecule has 2 N–H and O–H groups in total. The Labute approximate surface area is 101 Å². The van der Waals surface area contributed by atoms with Crippen molar-refractivity contribution in [2.45, 2.75) is 19.4 Å². The standard InChI is InChI=1S/C12H17ClN2O/c1-8-5-11(12(16-2)6-10(8)13)15-9-3-4-14-7-9/h5-6,9,14-15H,3-4,7H2,1-2H3. The summed E-state index contributed by atoms with van der Waals surface area (Å²) in [5.41, 5.74) is 2.09. The van der Waals surface area contributed by atoms with Crippen LogP contribution in [0.5, 0.6) is 5.75 Å². The Bertz CT molecular complexity index is 376. The van der Waals surface area contributed by atoms with E-state index in [4.69, 9.17) is 16.3 Å². The summed E-state index contributed by atoms with van der Waals surface area (Å²) in [5, 5.41) is 7.55. The van der Waals surface area contributed by atoms with Crippen molar-refractivity contribution in [1.29, 1.82) is 0 Å². The molecule has 4 heteroatoms. The number of ether oxygens (including phenoxy) is 1. The quantitative estimate of drug-likeness (QED) is 0.852. The first kappa shape index (κ1) is 11.6. The van der Waals surface area contributed by atoms with E-state index in [2.05, 4.69) is 10.6 Å². The van der Waals surface area contributed by atoms with Crippen LogP contribution < -0.4 is 15.4 Å². The highest BCUT2D eigenvalue weighted by Crippen LogP contribution is 2.31. The van der Waals surface area contributed by atoms with Crippen LogP contribution in [-0.2, 0) is 0 Å². The fourth-order valence-electron chi connectivity index (χ4n) is 1.94. The lowest BCUT2D eigenvalue weighted by molar-refractivity contribution is 0.416. The molecule has 0 spiro atoms. The number of anilines is 1. The average Bonchev–Trinajstić information content (AvgIpc) is 2.76. The number of methoxy groups -OCH3 is 1. The van der Waals surface area contributed by atoms with E-state index in [1.165, 1.54) is 0 Å². The van der Waals surface area contributed by atoms with Crippen molar-refractivity contribution in [3.8, 4) is 5.75 Å². The van der Waals surface area contributed by atoms with Crippen LogP contribution in [0.4, 0.5) is 5.69 Å². The molecule has 0 saturated carbocycles. The van der Waals surface area contributed by atoms with E-state index >= 15 is 0 Å². The number of nitrogens with one attached hydrogen (secondary N) is 2. The lowest BCUT2D eigenvalue weighted by Gasteiger charge is -2.17. The second kappa shape index (κ2) is 4.93. The SMILES string of the molecule is COc1cc(Cl)c(C)cc1NC1CCNC1. The fourth-order valence-corrected chi connectivity index (χ4v) is 2.10. The van der Waals surface area contributed by atoms with Gasteiger partial charge in [0.2, 0.25) is 0 Å². The summed E-state index contributed by atoms with van der Waals surface area (Å²) in [6.07, 6.45) is 1.14. The first-order valence-electron chi connectivity index (χ1n) is 5.52. The van der Waals surface area contributed by atoms with E-state index in [-0.39, 0.29) is 0 Å². The number of benzene rings is 1. The van der Waals surface area contributed by atoms with Gasteiger partial charge in [0, 0.05) is 23.7 Å². The zero-order valence-electron chi connectivity index (χ0n) is 9.64. The average molecular weight is 241 g/mol. The van der Waals surface area contributed by atoms with E-state index in [9.17, 15) is 0 Å². The minimum atomic E-state index is 0.481. The van der Waals surface area contributed by atoms with Gasteiger partial charge in [-0.3, -0.25) is 0 Å². The van der Waals surface area contributed by atoms with Crippen LogP contribution in [0.15, 0.2) is 12.1 Å². The Hall–Kier alpha value is -0.930. The first-order valence-corrected chi connectivity index (χ1v) is 5.90. The molecule has 1 aliphatic rings. The molecular formula is C12H17ClN2O. The molecule has 0 amide bonds. The Kier molecular flexibility index (Phi) is 3.56. The third-order valence-electron chi connectivity index (χ3n) is 2.90. The van der Waals surface area contributed by atoms with Gasteiger partial charge in [-0.2, -0.15) is 0 Å². The molecule has 1 fully saturated rings. The van der Waals surface area contributed by atoms with Crippen LogP contribution in [0, 0.1) is 6.92 Å². The largest absolute Gasteiger partial charge is 0.495 e. The lowest BCUT2D eigenvalue weighted by Crippen LogP contribution is -2.22. The molecule has 1 aromatic carbocycles. The van der Waals surface area contributed by atoms with Crippen molar-refractivity contribution in [3.63, 3.8) is 0 Å². The molecule has 1 aromatic rings. The number of rotatable bonds is 3. The molecule has 1 heterocycles. The summed E-state index contributed by atoms with van der Waals surface area (Å²) in [6, 6.07) is 4.38. The van der Waals surface area contributed by atoms with Crippen molar-refractivity contribution in [3.05, 3.63) is 22.7 Å². The van der Waals surface area contributed by atoms with Gasteiger partial charge in [-0.25, -0.2) is 0 Å². The van der Waals surface area contributed by atoms with Crippen molar-refractivity contribution in [1.82, 2.24) is 5.32 Å². The van der Waals surface area contributed by atoms with Gasteiger partial charge in [-0.1, -0.05) is 11.6 Å². The molecule has 3 nitrogen and oxygen atoms in total. The topological polar surface area (TPSA) is 33.3 Å². The molecule has 88 valence electrons. The molecule has 0 radical (unpaired) electrons. The molecular weight excluding hydrogens is 224 g/mol. The Morgan fingerprint density at radius 1 is 1.50 bits per heavy atom. The van der Waals surface area contributed by atoms with E-state index in [0.29, 0.717) is 6.04 Å². The Morgan fingerprint density at radius 3 is 2.94 bits per heavy atom. The third kappa shape index (κ3) is 2.42. The van der Waals surface area contributed by atoms with Gasteiger partial charge in [0.15, 0.2) is 0 Å². The number of halogens is 1. The van der Waals surface area contributed by atoms with E-state index in [1.54, 1.807) is 7.11 Å². The summed E-state index contributed by atoms with van der Waals surface area (Å²) in [7, 11) is 1.67. The number of aryl methyl sites for hydroxylation is 1. The van der Waals surface area contributed by atoms with Crippen LogP contribution >= 0.6 is 11.6 Å². The highest BCUT2D eigenvalue weighted by molar-refractivity contribution is 6.31. The van der Waals surface area contributed by atoms with Gasteiger partial charge in [0.05, 0.1) is 12.8 Å². The van der Waals surface area contributed by atoms with Crippen LogP contribution in [0.3, 0.4) is 0 Å². The van der Waals surface area contributed by atoms with Gasteiger partial charge < -0.3 is 15.4 Å². The second-order valence-electron chi connectivity index (χ2n) is 4.14. The maximum absolute atomic E-state index is 6.06. The summed E-state index contributed by atoms with van der Waals surface area (Å²) >= 11 is 6.06. The summed E-state index contributed by atoms with van der Waals surface area (Å²) in [4.78, 5) is 0. The van der Waals surface area contributed by atoms with Gasteiger partial charge in [0.1, 0.15) is 5.75 Å². The third-order valence-corrected chi connectivity index (χ3v) is 3.31. The zero-order chi connectivity index (χ0) is 11.5. The van der Waals surface area contributed by atoms with Crippen molar-refractivity contribution < 1.29 is 4.74 Å². The predicted molar refractivity (Wildman–Crippen MR) is 67.6 cm³/mol. The second-order valence-corrected chi connectivity index (χ2v) is 4.54. The van der Waals surface area contributed by atoms with Crippen molar-refractivity contribution >= 4 is 17.3 Å². The van der Waals surface area contributed by atoms with E-state index < -0.39 is 0 Å². The smallest absolute Gasteiger partial charge is 0.143 e. The minimum Gasteiger partial charge on any atom is -0.495 e. The zero-order valence-corrected chi connectivity index (χ0v) is 10.4. The summed E-state index contributed by atoms with van der Waals surface area (Å²) in [6.45, 7) is 4.08. The molecule has 1 saturated heterocycles. The molecule has 0 aliphatic carbocycles. The Morgan fingerprint density at radius 2 is 2.31 bits per heavy atom. The summed E-state index contributed by atoms with van der Waals surface area (Å²) in [5.74, 6) is 0.808. The fraction of sp³-hybridized carbons (Fsp3) is 0.500. The van der Waals surface area contributed by atoms with Gasteiger partial charge in [-0.15, -0.1) is 0 Å². The van der Waals surface area contributed by atoms with Gasteiger partial charge >= 0.3 is 0 Å². The minimum absolute atomic E-state index is 0.481. The van der Waals surface area contributed by atoms with Crippen LogP contribution in [-0.4, -0.2) is 26.2 Å². The van der Waals surface area contributed by atoms with Gasteiger partial charge in [-0.05, 0) is 31.5 Å². The lowest BCUT2D eigenvalue weighted by atomic mass is 10.1. The van der Waals surface area contributed by atoms with E-state index in [0.717, 1.165) is 41.5 Å². The molecule has 0 aromatic heterocycles. The molecule has 1 aliphatic heterocycles. The van der Waals surface area contributed by atoms with Crippen LogP contribution in [0.25, 0.3) is 0 Å². The monoisotopic (exact) mass is 240 g/mol. The van der Waals surface area contributed by atoms with Crippen molar-refractivity contribution in [2.75, 3.05) is 25.5 Å². The highest BCUT2D eigenvalue weighted by atomic mass is 35.5. The van der Waals surface area contributed by atoms with Crippen LogP contribution in [0.1, 0.15) is 12.0 Å². The molecule has 0 bridgehead atoms. The molecule has 16 heavy (non-hydrogen) atoms.